The van der Waals surface area contributed by atoms with Gasteiger partial charge in [0.15, 0.2) is 5.96 Å². The predicted molar refractivity (Wildman–Crippen MR) is 125 cm³/mol. The molecule has 0 radical (unpaired) electrons. The Morgan fingerprint density at radius 3 is 2.26 bits per heavy atom. The average molecular weight is 441 g/mol. The second-order valence-corrected chi connectivity index (χ2v) is 10.4. The summed E-state index contributed by atoms with van der Waals surface area (Å²) in [6, 6.07) is 19.4. The fourth-order valence-corrected chi connectivity index (χ4v) is 6.10. The fourth-order valence-electron chi connectivity index (χ4n) is 4.61. The number of nitrogens with zero attached hydrogens (tertiary/aromatic N) is 3. The van der Waals surface area contributed by atoms with Crippen LogP contribution in [0.1, 0.15) is 30.7 Å². The van der Waals surface area contributed by atoms with Crippen molar-refractivity contribution in [2.75, 3.05) is 39.8 Å². The highest BCUT2D eigenvalue weighted by Gasteiger charge is 2.30. The van der Waals surface area contributed by atoms with Crippen molar-refractivity contribution in [3.8, 4) is 0 Å². The van der Waals surface area contributed by atoms with E-state index in [1.54, 1.807) is 28.6 Å². The molecule has 1 atom stereocenters. The molecule has 2 heterocycles. The van der Waals surface area contributed by atoms with E-state index in [2.05, 4.69) is 45.5 Å². The maximum atomic E-state index is 12.8. The van der Waals surface area contributed by atoms with Crippen LogP contribution < -0.4 is 5.32 Å². The van der Waals surface area contributed by atoms with Crippen molar-refractivity contribution in [2.24, 2.45) is 10.9 Å². The molecule has 0 aliphatic carbocycles. The zero-order valence-electron chi connectivity index (χ0n) is 18.2. The van der Waals surface area contributed by atoms with E-state index in [-0.39, 0.29) is 0 Å². The van der Waals surface area contributed by atoms with Crippen molar-refractivity contribution >= 4 is 16.0 Å². The quantitative estimate of drug-likeness (QED) is 0.573. The Morgan fingerprint density at radius 1 is 0.968 bits per heavy atom. The van der Waals surface area contributed by atoms with E-state index < -0.39 is 10.0 Å². The van der Waals surface area contributed by atoms with Crippen molar-refractivity contribution in [1.29, 1.82) is 0 Å². The number of piperidine rings is 1. The number of aliphatic imine (C=N–C) groups is 1. The Morgan fingerprint density at radius 2 is 1.61 bits per heavy atom. The smallest absolute Gasteiger partial charge is 0.243 e. The lowest BCUT2D eigenvalue weighted by Gasteiger charge is -2.32. The largest absolute Gasteiger partial charge is 0.356 e. The highest BCUT2D eigenvalue weighted by Crippen LogP contribution is 2.27. The molecule has 31 heavy (non-hydrogen) atoms. The van der Waals surface area contributed by atoms with Crippen molar-refractivity contribution in [3.63, 3.8) is 0 Å². The van der Waals surface area contributed by atoms with Crippen LogP contribution in [0.15, 0.2) is 70.6 Å². The minimum atomic E-state index is -3.39. The summed E-state index contributed by atoms with van der Waals surface area (Å²) in [6.45, 7) is 3.97. The normalized spacial score (nSPS) is 21.4. The summed E-state index contributed by atoms with van der Waals surface area (Å²) in [5, 5.41) is 3.55. The summed E-state index contributed by atoms with van der Waals surface area (Å²) in [7, 11) is -1.55. The van der Waals surface area contributed by atoms with Gasteiger partial charge < -0.3 is 10.2 Å². The lowest BCUT2D eigenvalue weighted by molar-refractivity contribution is 0.272. The Labute approximate surface area is 186 Å². The maximum Gasteiger partial charge on any atom is 0.243 e. The Hall–Kier alpha value is -2.38. The van der Waals surface area contributed by atoms with Crippen LogP contribution in [-0.2, 0) is 10.0 Å². The van der Waals surface area contributed by atoms with E-state index in [1.165, 1.54) is 5.56 Å². The van der Waals surface area contributed by atoms with Crippen LogP contribution in [0, 0.1) is 5.92 Å². The number of nitrogens with one attached hydrogen (secondary N) is 1. The molecule has 7 heteroatoms. The van der Waals surface area contributed by atoms with Crippen LogP contribution in [0.2, 0.25) is 0 Å². The van der Waals surface area contributed by atoms with Crippen LogP contribution in [0.3, 0.4) is 0 Å². The monoisotopic (exact) mass is 440 g/mol. The lowest BCUT2D eigenvalue weighted by atomic mass is 9.98. The average Bonchev–Trinajstić information content (AvgIpc) is 3.31. The fraction of sp³-hybridized carbons (Fsp3) is 0.458. The van der Waals surface area contributed by atoms with Crippen LogP contribution in [0.25, 0.3) is 0 Å². The van der Waals surface area contributed by atoms with Gasteiger partial charge in [0.05, 0.1) is 4.90 Å². The maximum absolute atomic E-state index is 12.8. The van der Waals surface area contributed by atoms with Gasteiger partial charge in [-0.05, 0) is 42.9 Å². The minimum absolute atomic E-state index is 0.383. The SMILES string of the molecule is CN=C(NCC1CCN(S(=O)(=O)c2ccccc2)CC1)N1CCC(c2ccccc2)C1. The summed E-state index contributed by atoms with van der Waals surface area (Å²) >= 11 is 0. The Bertz CT molecular complexity index is 971. The van der Waals surface area contributed by atoms with Crippen molar-refractivity contribution in [2.45, 2.75) is 30.1 Å². The summed E-state index contributed by atoms with van der Waals surface area (Å²) in [5.41, 5.74) is 1.40. The molecule has 6 nitrogen and oxygen atoms in total. The summed E-state index contributed by atoms with van der Waals surface area (Å²) in [4.78, 5) is 7.22. The van der Waals surface area contributed by atoms with Gasteiger partial charge in [-0.15, -0.1) is 0 Å². The summed E-state index contributed by atoms with van der Waals surface area (Å²) in [6.07, 6.45) is 2.87. The number of rotatable bonds is 5. The topological polar surface area (TPSA) is 65.0 Å². The number of benzene rings is 2. The number of hydrogen-bond acceptors (Lipinski definition) is 3. The molecular formula is C24H32N4O2S. The van der Waals surface area contributed by atoms with Gasteiger partial charge in [0, 0.05) is 45.7 Å². The minimum Gasteiger partial charge on any atom is -0.356 e. The summed E-state index contributed by atoms with van der Waals surface area (Å²) < 4.78 is 27.2. The number of guanidine groups is 1. The molecule has 2 aliphatic heterocycles. The summed E-state index contributed by atoms with van der Waals surface area (Å²) in [5.74, 6) is 1.95. The molecule has 0 aromatic heterocycles. The zero-order chi connectivity index (χ0) is 21.7. The molecule has 0 bridgehead atoms. The van der Waals surface area contributed by atoms with Gasteiger partial charge in [-0.2, -0.15) is 4.31 Å². The first-order valence-corrected chi connectivity index (χ1v) is 12.6. The van der Waals surface area contributed by atoms with E-state index >= 15 is 0 Å². The van der Waals surface area contributed by atoms with E-state index in [0.29, 0.717) is 29.8 Å². The number of sulfonamides is 1. The Kier molecular flexibility index (Phi) is 6.92. The molecule has 166 valence electrons. The highest BCUT2D eigenvalue weighted by atomic mass is 32.2. The highest BCUT2D eigenvalue weighted by molar-refractivity contribution is 7.89. The third-order valence-corrected chi connectivity index (χ3v) is 8.39. The molecule has 4 rings (SSSR count). The second-order valence-electron chi connectivity index (χ2n) is 8.43. The van der Waals surface area contributed by atoms with Gasteiger partial charge in [0.1, 0.15) is 0 Å². The molecule has 2 aliphatic rings. The van der Waals surface area contributed by atoms with Crippen LogP contribution in [0.5, 0.6) is 0 Å². The van der Waals surface area contributed by atoms with Gasteiger partial charge in [-0.1, -0.05) is 48.5 Å². The molecule has 1 unspecified atom stereocenters. The van der Waals surface area contributed by atoms with Gasteiger partial charge >= 0.3 is 0 Å². The first-order chi connectivity index (χ1) is 15.1. The van der Waals surface area contributed by atoms with Crippen LogP contribution in [-0.4, -0.2) is 63.4 Å². The van der Waals surface area contributed by atoms with Gasteiger partial charge in [-0.25, -0.2) is 8.42 Å². The van der Waals surface area contributed by atoms with Crippen molar-refractivity contribution < 1.29 is 8.42 Å². The molecule has 2 aromatic rings. The van der Waals surface area contributed by atoms with E-state index in [0.717, 1.165) is 44.9 Å². The van der Waals surface area contributed by atoms with Crippen molar-refractivity contribution in [1.82, 2.24) is 14.5 Å². The van der Waals surface area contributed by atoms with E-state index in [9.17, 15) is 8.42 Å². The Balaban J connectivity index is 1.26. The first-order valence-electron chi connectivity index (χ1n) is 11.1. The standard InChI is InChI=1S/C24H32N4O2S/c1-25-24(27-15-14-22(19-27)21-8-4-2-5-9-21)26-18-20-12-16-28(17-13-20)31(29,30)23-10-6-3-7-11-23/h2-11,20,22H,12-19H2,1H3,(H,25,26). The zero-order valence-corrected chi connectivity index (χ0v) is 19.0. The third-order valence-electron chi connectivity index (χ3n) is 6.47. The van der Waals surface area contributed by atoms with Gasteiger partial charge in [-0.3, -0.25) is 4.99 Å². The lowest BCUT2D eigenvalue weighted by Crippen LogP contribution is -2.45. The molecule has 0 amide bonds. The van der Waals surface area contributed by atoms with Gasteiger partial charge in [0.25, 0.3) is 0 Å². The van der Waals surface area contributed by atoms with Crippen molar-refractivity contribution in [3.05, 3.63) is 66.2 Å². The molecule has 2 saturated heterocycles. The molecule has 2 aromatic carbocycles. The number of hydrogen-bond donors (Lipinski definition) is 1. The predicted octanol–water partition coefficient (Wildman–Crippen LogP) is 3.15. The molecule has 0 saturated carbocycles. The van der Waals surface area contributed by atoms with E-state index in [4.69, 9.17) is 0 Å². The molecule has 2 fully saturated rings. The molecular weight excluding hydrogens is 408 g/mol. The van der Waals surface area contributed by atoms with Crippen LogP contribution in [0.4, 0.5) is 0 Å². The number of likely N-dealkylation sites (tertiary alicyclic amines) is 1. The first kappa shape index (κ1) is 21.8. The third kappa shape index (κ3) is 5.10. The molecule has 0 spiro atoms. The molecule has 1 N–H and O–H groups in total. The second kappa shape index (κ2) is 9.83. The van der Waals surface area contributed by atoms with Gasteiger partial charge in [0.2, 0.25) is 10.0 Å². The van der Waals surface area contributed by atoms with E-state index in [1.807, 2.05) is 13.1 Å². The van der Waals surface area contributed by atoms with Crippen LogP contribution >= 0.6 is 0 Å².